The molecule has 1 atom stereocenters. The summed E-state index contributed by atoms with van der Waals surface area (Å²) in [5.41, 5.74) is 1.52. The molecule has 0 bridgehead atoms. The third kappa shape index (κ3) is 6.38. The second-order valence-electron chi connectivity index (χ2n) is 3.90. The van der Waals surface area contributed by atoms with Crippen molar-refractivity contribution in [2.75, 3.05) is 0 Å². The zero-order valence-corrected chi connectivity index (χ0v) is 12.3. The van der Waals surface area contributed by atoms with Gasteiger partial charge in [-0.2, -0.15) is 0 Å². The molecule has 0 N–H and O–H groups in total. The summed E-state index contributed by atoms with van der Waals surface area (Å²) < 4.78 is 5.51. The molecule has 0 saturated carbocycles. The molecule has 2 heteroatoms. The van der Waals surface area contributed by atoms with Crippen LogP contribution in [0.1, 0.15) is 59.3 Å². The van der Waals surface area contributed by atoms with E-state index in [9.17, 15) is 0 Å². The molecular weight excluding hydrogens is 188 g/mol. The predicted molar refractivity (Wildman–Crippen MR) is 67.6 cm³/mol. The smallest absolute Gasteiger partial charge is 0.146 e. The normalized spacial score (nSPS) is 14.6. The van der Waals surface area contributed by atoms with Gasteiger partial charge in [0.05, 0.1) is 6.10 Å². The van der Waals surface area contributed by atoms with Crippen LogP contribution in [0, 0.1) is 0 Å². The Morgan fingerprint density at radius 2 is 1.93 bits per heavy atom. The molecule has 0 spiro atoms. The van der Waals surface area contributed by atoms with Gasteiger partial charge in [0.2, 0.25) is 0 Å². The highest BCUT2D eigenvalue weighted by atomic mass is 28.2. The summed E-state index contributed by atoms with van der Waals surface area (Å²) in [5.74, 6) is 0. The Morgan fingerprint density at radius 1 is 1.29 bits per heavy atom. The van der Waals surface area contributed by atoms with E-state index in [1.54, 1.807) is 0 Å². The predicted octanol–water partition coefficient (Wildman–Crippen LogP) is 2.98. The fraction of sp³-hybridized carbons (Fsp3) is 0.833. The minimum absolute atomic E-state index is 0.366. The highest BCUT2D eigenvalue weighted by molar-refractivity contribution is 5.98. The molecule has 0 radical (unpaired) electrons. The van der Waals surface area contributed by atoms with Crippen molar-refractivity contribution < 1.29 is 4.43 Å². The lowest BCUT2D eigenvalue weighted by atomic mass is 10.0. The van der Waals surface area contributed by atoms with Crippen molar-refractivity contribution >= 4 is 10.5 Å². The third-order valence-electron chi connectivity index (χ3n) is 2.66. The maximum Gasteiger partial charge on any atom is 0.146 e. The van der Waals surface area contributed by atoms with Crippen LogP contribution >= 0.6 is 0 Å². The first-order valence-electron chi connectivity index (χ1n) is 5.97. The molecule has 0 rings (SSSR count). The molecule has 0 aliphatic carbocycles. The maximum atomic E-state index is 5.51. The van der Waals surface area contributed by atoms with Crippen LogP contribution in [0.25, 0.3) is 0 Å². The zero-order chi connectivity index (χ0) is 10.8. The first-order chi connectivity index (χ1) is 6.76. The summed E-state index contributed by atoms with van der Waals surface area (Å²) in [5, 5.41) is 0. The summed E-state index contributed by atoms with van der Waals surface area (Å²) in [6.07, 6.45) is 10.4. The maximum absolute atomic E-state index is 5.51. The Labute approximate surface area is 92.5 Å². The van der Waals surface area contributed by atoms with Gasteiger partial charge in [0, 0.05) is 0 Å². The van der Waals surface area contributed by atoms with Crippen LogP contribution in [0.5, 0.6) is 0 Å². The molecule has 0 aromatic carbocycles. The Morgan fingerprint density at radius 3 is 2.43 bits per heavy atom. The van der Waals surface area contributed by atoms with E-state index in [2.05, 4.69) is 26.8 Å². The molecule has 84 valence electrons. The van der Waals surface area contributed by atoms with Gasteiger partial charge >= 0.3 is 0 Å². The molecule has 0 saturated heterocycles. The van der Waals surface area contributed by atoms with Gasteiger partial charge in [-0.15, -0.1) is 0 Å². The van der Waals surface area contributed by atoms with Gasteiger partial charge in [-0.25, -0.2) is 0 Å². The van der Waals surface area contributed by atoms with Gasteiger partial charge in [-0.3, -0.25) is 0 Å². The van der Waals surface area contributed by atoms with Crippen LogP contribution in [0.4, 0.5) is 0 Å². The quantitative estimate of drug-likeness (QED) is 0.343. The highest BCUT2D eigenvalue weighted by Gasteiger charge is 2.05. The highest BCUT2D eigenvalue weighted by Crippen LogP contribution is 2.15. The third-order valence-corrected chi connectivity index (χ3v) is 3.37. The molecule has 0 aliphatic heterocycles. The molecule has 1 nitrogen and oxygen atoms in total. The van der Waals surface area contributed by atoms with E-state index < -0.39 is 0 Å². The van der Waals surface area contributed by atoms with E-state index >= 15 is 0 Å². The monoisotopic (exact) mass is 214 g/mol. The molecule has 0 heterocycles. The molecule has 0 aromatic rings. The Bertz CT molecular complexity index is 154. The lowest BCUT2D eigenvalue weighted by Gasteiger charge is -2.15. The summed E-state index contributed by atoms with van der Waals surface area (Å²) in [6.45, 7) is 6.67. The van der Waals surface area contributed by atoms with Gasteiger partial charge in [0.1, 0.15) is 10.5 Å². The molecule has 0 amide bonds. The lowest BCUT2D eigenvalue weighted by Crippen LogP contribution is -2.09. The molecule has 0 fully saturated rings. The number of allylic oxidation sites excluding steroid dienone is 1. The van der Waals surface area contributed by atoms with Crippen molar-refractivity contribution in [3.8, 4) is 0 Å². The van der Waals surface area contributed by atoms with Crippen LogP contribution in [-0.2, 0) is 4.43 Å². The van der Waals surface area contributed by atoms with E-state index in [4.69, 9.17) is 4.43 Å². The summed E-state index contributed by atoms with van der Waals surface area (Å²) in [6, 6.07) is 0. The van der Waals surface area contributed by atoms with Crippen LogP contribution in [-0.4, -0.2) is 16.6 Å². The summed E-state index contributed by atoms with van der Waals surface area (Å²) in [7, 11) is 0.848. The van der Waals surface area contributed by atoms with E-state index in [0.717, 1.165) is 10.5 Å². The second kappa shape index (κ2) is 9.47. The zero-order valence-electron chi connectivity index (χ0n) is 10.3. The molecule has 1 unspecified atom stereocenters. The van der Waals surface area contributed by atoms with Gasteiger partial charge in [0.25, 0.3) is 0 Å². The first kappa shape index (κ1) is 13.9. The molecule has 14 heavy (non-hydrogen) atoms. The summed E-state index contributed by atoms with van der Waals surface area (Å²) in [4.78, 5) is 0. The van der Waals surface area contributed by atoms with Crippen molar-refractivity contribution in [2.45, 2.75) is 65.4 Å². The van der Waals surface area contributed by atoms with Crippen molar-refractivity contribution in [3.63, 3.8) is 0 Å². The van der Waals surface area contributed by atoms with Crippen molar-refractivity contribution in [1.82, 2.24) is 0 Å². The fourth-order valence-corrected chi connectivity index (χ4v) is 1.80. The Kier molecular flexibility index (Phi) is 9.41. The Balaban J connectivity index is 4.01. The van der Waals surface area contributed by atoms with Crippen molar-refractivity contribution in [2.24, 2.45) is 0 Å². The summed E-state index contributed by atoms with van der Waals surface area (Å²) >= 11 is 0. The van der Waals surface area contributed by atoms with E-state index in [-0.39, 0.29) is 0 Å². The van der Waals surface area contributed by atoms with Crippen LogP contribution in [0.2, 0.25) is 0 Å². The van der Waals surface area contributed by atoms with E-state index in [1.807, 2.05) is 0 Å². The molecular formula is C12H26OSi. The SMILES string of the molecule is CCCCC=C(CCCC)C(C)O[SiH3]. The molecule has 0 aromatic heterocycles. The van der Waals surface area contributed by atoms with Crippen molar-refractivity contribution in [3.05, 3.63) is 11.6 Å². The van der Waals surface area contributed by atoms with Gasteiger partial charge in [-0.1, -0.05) is 39.2 Å². The fourth-order valence-electron chi connectivity index (χ4n) is 1.50. The standard InChI is InChI=1S/C12H26OSi/c1-4-6-8-10-12(9-7-5-2)11(3)13-14/h10-11H,4-9H2,1-3,14H3. The van der Waals surface area contributed by atoms with E-state index in [1.165, 1.54) is 44.1 Å². The second-order valence-corrected chi connectivity index (χ2v) is 4.37. The average Bonchev–Trinajstić information content (AvgIpc) is 2.22. The minimum atomic E-state index is 0.366. The number of hydrogen-bond donors (Lipinski definition) is 0. The van der Waals surface area contributed by atoms with Crippen LogP contribution in [0.15, 0.2) is 11.6 Å². The minimum Gasteiger partial charge on any atom is -0.422 e. The van der Waals surface area contributed by atoms with Crippen LogP contribution < -0.4 is 0 Å². The topological polar surface area (TPSA) is 9.23 Å². The van der Waals surface area contributed by atoms with Crippen molar-refractivity contribution in [1.29, 1.82) is 0 Å². The lowest BCUT2D eigenvalue weighted by molar-refractivity contribution is 0.276. The average molecular weight is 214 g/mol. The molecule has 0 aliphatic rings. The Hall–Kier alpha value is -0.0831. The van der Waals surface area contributed by atoms with Crippen LogP contribution in [0.3, 0.4) is 0 Å². The van der Waals surface area contributed by atoms with Gasteiger partial charge in [0.15, 0.2) is 0 Å². The first-order valence-corrected chi connectivity index (χ1v) is 6.79. The number of rotatable bonds is 8. The number of unbranched alkanes of at least 4 members (excludes halogenated alkanes) is 3. The van der Waals surface area contributed by atoms with E-state index in [0.29, 0.717) is 6.10 Å². The van der Waals surface area contributed by atoms with Gasteiger partial charge in [-0.05, 0) is 31.8 Å². The van der Waals surface area contributed by atoms with Gasteiger partial charge < -0.3 is 4.43 Å². The number of hydrogen-bond acceptors (Lipinski definition) is 1. The largest absolute Gasteiger partial charge is 0.422 e.